The molecule has 170 valence electrons. The Bertz CT molecular complexity index is 607. The molecule has 2 aliphatic rings. The summed E-state index contributed by atoms with van der Waals surface area (Å²) in [5.74, 6) is -5.66. The van der Waals surface area contributed by atoms with Gasteiger partial charge in [0.15, 0.2) is 8.32 Å². The maximum absolute atomic E-state index is 15.1. The molecule has 0 saturated heterocycles. The van der Waals surface area contributed by atoms with Gasteiger partial charge in [0, 0.05) is 19.1 Å². The molecule has 4 nitrogen and oxygen atoms in total. The van der Waals surface area contributed by atoms with Crippen LogP contribution >= 0.6 is 0 Å². The number of alkyl halides is 2. The van der Waals surface area contributed by atoms with E-state index in [2.05, 4.69) is 40.8 Å². The van der Waals surface area contributed by atoms with Gasteiger partial charge in [-0.15, -0.1) is 0 Å². The quantitative estimate of drug-likeness (QED) is 0.387. The number of hydrogen-bond donors (Lipinski definition) is 0. The lowest BCUT2D eigenvalue weighted by Gasteiger charge is -2.50. The minimum absolute atomic E-state index is 0.121. The summed E-state index contributed by atoms with van der Waals surface area (Å²) in [5, 5.41) is 0.770. The van der Waals surface area contributed by atoms with Crippen LogP contribution in [0.4, 0.5) is 8.78 Å². The molecule has 5 atom stereocenters. The Morgan fingerprint density at radius 3 is 2.31 bits per heavy atom. The van der Waals surface area contributed by atoms with Crippen molar-refractivity contribution in [3.8, 4) is 0 Å². The zero-order valence-corrected chi connectivity index (χ0v) is 20.8. The maximum atomic E-state index is 15.1. The fourth-order valence-corrected chi connectivity index (χ4v) is 6.81. The van der Waals surface area contributed by atoms with E-state index in [1.54, 1.807) is 0 Å². The predicted molar refractivity (Wildman–Crippen MR) is 114 cm³/mol. The van der Waals surface area contributed by atoms with Gasteiger partial charge >= 0.3 is 11.8 Å². The fourth-order valence-electron chi connectivity index (χ4n) is 5.42. The number of nitrogens with zero attached hydrogens (tertiary/aromatic N) is 1. The van der Waals surface area contributed by atoms with Crippen LogP contribution in [0.25, 0.3) is 0 Å². The summed E-state index contributed by atoms with van der Waals surface area (Å²) in [7, 11) is 0.539. The van der Waals surface area contributed by atoms with Crippen LogP contribution in [-0.4, -0.2) is 45.5 Å². The average molecular weight is 434 g/mol. The Morgan fingerprint density at radius 2 is 1.79 bits per heavy atom. The average Bonchev–Trinajstić information content (AvgIpc) is 2.96. The van der Waals surface area contributed by atoms with Gasteiger partial charge in [-0.1, -0.05) is 41.0 Å². The number of rotatable bonds is 6. The first kappa shape index (κ1) is 24.7. The minimum atomic E-state index is -3.44. The van der Waals surface area contributed by atoms with Crippen molar-refractivity contribution < 1.29 is 22.8 Å². The summed E-state index contributed by atoms with van der Waals surface area (Å²) in [4.78, 5) is 17.0. The molecule has 2 saturated carbocycles. The zero-order chi connectivity index (χ0) is 22.4. The Balaban J connectivity index is 2.24. The largest absolute Gasteiger partial charge is 0.414 e. The molecule has 0 bridgehead atoms. The monoisotopic (exact) mass is 433 g/mol. The molecule has 1 unspecified atom stereocenters. The van der Waals surface area contributed by atoms with E-state index in [0.717, 1.165) is 32.1 Å². The van der Waals surface area contributed by atoms with Crippen molar-refractivity contribution in [2.75, 3.05) is 14.2 Å². The Kier molecular flexibility index (Phi) is 6.99. The van der Waals surface area contributed by atoms with Crippen molar-refractivity contribution in [1.29, 1.82) is 0 Å². The standard InChI is InChI=1S/C22H41F2NO3Si/c1-15(22(23,24)19(26)25(6)27-7)16-12-13-17-18(11-10-14-21(16,17)5)28-29(8,9)20(2,3)4/h15-18H,10-14H2,1-9H3/t15?,16-,17+,18+,21-/m1/s1. The Labute approximate surface area is 176 Å². The first-order chi connectivity index (χ1) is 13.1. The lowest BCUT2D eigenvalue weighted by molar-refractivity contribution is -0.206. The van der Waals surface area contributed by atoms with E-state index < -0.39 is 26.1 Å². The van der Waals surface area contributed by atoms with Gasteiger partial charge in [0.1, 0.15) is 0 Å². The number of halogens is 2. The molecule has 0 aromatic carbocycles. The molecule has 29 heavy (non-hydrogen) atoms. The highest BCUT2D eigenvalue weighted by atomic mass is 28.4. The zero-order valence-electron chi connectivity index (χ0n) is 19.8. The number of carbonyl (C=O) groups excluding carboxylic acids is 1. The molecule has 0 N–H and O–H groups in total. The Hall–Kier alpha value is -0.533. The molecule has 2 rings (SSSR count). The van der Waals surface area contributed by atoms with Crippen molar-refractivity contribution >= 4 is 14.2 Å². The van der Waals surface area contributed by atoms with Gasteiger partial charge in [0.05, 0.1) is 7.11 Å². The lowest BCUT2D eigenvalue weighted by atomic mass is 9.61. The van der Waals surface area contributed by atoms with Gasteiger partial charge in [-0.25, -0.2) is 5.06 Å². The molecular formula is C22H41F2NO3Si. The van der Waals surface area contributed by atoms with Crippen LogP contribution in [0.1, 0.15) is 66.7 Å². The van der Waals surface area contributed by atoms with Gasteiger partial charge in [0.25, 0.3) is 0 Å². The number of hydrogen-bond acceptors (Lipinski definition) is 3. The second-order valence-corrected chi connectivity index (χ2v) is 15.8. The summed E-state index contributed by atoms with van der Waals surface area (Å²) in [6, 6.07) is 0. The van der Waals surface area contributed by atoms with E-state index in [0.29, 0.717) is 5.06 Å². The smallest absolute Gasteiger partial charge is 0.329 e. The van der Waals surface area contributed by atoms with Crippen LogP contribution in [0.15, 0.2) is 0 Å². The molecular weight excluding hydrogens is 392 g/mol. The van der Waals surface area contributed by atoms with Crippen molar-refractivity contribution in [1.82, 2.24) is 5.06 Å². The SMILES string of the molecule is CON(C)C(=O)C(F)(F)C(C)[C@H]1CC[C@H]2[C@@H](O[Si](C)(C)C(C)(C)C)CCC[C@]12C. The van der Waals surface area contributed by atoms with Crippen LogP contribution in [0.2, 0.25) is 18.1 Å². The van der Waals surface area contributed by atoms with Crippen LogP contribution < -0.4 is 0 Å². The third-order valence-corrected chi connectivity index (χ3v) is 12.9. The summed E-state index contributed by atoms with van der Waals surface area (Å²) < 4.78 is 36.9. The van der Waals surface area contributed by atoms with Gasteiger partial charge in [-0.2, -0.15) is 8.78 Å². The van der Waals surface area contributed by atoms with Crippen molar-refractivity contribution in [3.63, 3.8) is 0 Å². The van der Waals surface area contributed by atoms with Gasteiger partial charge in [0.2, 0.25) is 0 Å². The van der Waals surface area contributed by atoms with E-state index in [9.17, 15) is 4.79 Å². The molecule has 0 radical (unpaired) electrons. The number of carbonyl (C=O) groups is 1. The van der Waals surface area contributed by atoms with Gasteiger partial charge in [-0.3, -0.25) is 9.63 Å². The first-order valence-electron chi connectivity index (χ1n) is 11.0. The van der Waals surface area contributed by atoms with Gasteiger partial charge in [-0.05, 0) is 61.1 Å². The van der Waals surface area contributed by atoms with Crippen molar-refractivity contribution in [2.24, 2.45) is 23.2 Å². The van der Waals surface area contributed by atoms with Crippen LogP contribution in [-0.2, 0) is 14.1 Å². The van der Waals surface area contributed by atoms with E-state index in [4.69, 9.17) is 9.26 Å². The predicted octanol–water partition coefficient (Wildman–Crippen LogP) is 5.88. The highest BCUT2D eigenvalue weighted by Gasteiger charge is 2.60. The Morgan fingerprint density at radius 1 is 1.21 bits per heavy atom. The highest BCUT2D eigenvalue weighted by Crippen LogP contribution is 2.60. The van der Waals surface area contributed by atoms with Crippen molar-refractivity contribution in [3.05, 3.63) is 0 Å². The topological polar surface area (TPSA) is 38.8 Å². The molecule has 0 aliphatic heterocycles. The summed E-state index contributed by atoms with van der Waals surface area (Å²) in [6.45, 7) is 14.9. The summed E-state index contributed by atoms with van der Waals surface area (Å²) in [5.41, 5.74) is -0.222. The normalized spacial score (nSPS) is 32.0. The molecule has 2 aliphatic carbocycles. The van der Waals surface area contributed by atoms with E-state index >= 15 is 8.78 Å². The van der Waals surface area contributed by atoms with E-state index in [1.807, 2.05) is 0 Å². The van der Waals surface area contributed by atoms with Crippen molar-refractivity contribution in [2.45, 2.75) is 96.9 Å². The van der Waals surface area contributed by atoms with Crippen LogP contribution in [0.3, 0.4) is 0 Å². The molecule has 7 heteroatoms. The van der Waals surface area contributed by atoms with Crippen LogP contribution in [0, 0.1) is 23.2 Å². The number of amides is 1. The summed E-state index contributed by atoms with van der Waals surface area (Å²) >= 11 is 0. The van der Waals surface area contributed by atoms with E-state index in [-0.39, 0.29) is 28.4 Å². The second-order valence-electron chi connectivity index (χ2n) is 11.0. The molecule has 2 fully saturated rings. The molecule has 1 amide bonds. The molecule has 0 heterocycles. The van der Waals surface area contributed by atoms with Gasteiger partial charge < -0.3 is 4.43 Å². The molecule has 0 aromatic heterocycles. The maximum Gasteiger partial charge on any atom is 0.329 e. The second kappa shape index (κ2) is 8.19. The van der Waals surface area contributed by atoms with E-state index in [1.165, 1.54) is 21.1 Å². The third-order valence-electron chi connectivity index (χ3n) is 8.41. The fraction of sp³-hybridized carbons (Fsp3) is 0.955. The summed E-state index contributed by atoms with van der Waals surface area (Å²) in [6.07, 6.45) is 4.68. The number of fused-ring (bicyclic) bond motifs is 1. The first-order valence-corrected chi connectivity index (χ1v) is 13.9. The lowest BCUT2D eigenvalue weighted by Crippen LogP contribution is -2.52. The molecule has 0 spiro atoms. The van der Waals surface area contributed by atoms with Crippen LogP contribution in [0.5, 0.6) is 0 Å². The molecule has 0 aromatic rings. The minimum Gasteiger partial charge on any atom is -0.414 e. The third kappa shape index (κ3) is 4.42. The number of hydroxylamine groups is 2. The highest BCUT2D eigenvalue weighted by molar-refractivity contribution is 6.74.